The van der Waals surface area contributed by atoms with Gasteiger partial charge in [-0.3, -0.25) is 0 Å². The molecule has 0 heterocycles. The average Bonchev–Trinajstić information content (AvgIpc) is 2.79. The summed E-state index contributed by atoms with van der Waals surface area (Å²) in [7, 11) is 0. The Morgan fingerprint density at radius 2 is 2.05 bits per heavy atom. The summed E-state index contributed by atoms with van der Waals surface area (Å²) in [6.07, 6.45) is 1.21. The number of fused-ring (bicyclic) bond motifs is 1. The lowest BCUT2D eigenvalue weighted by molar-refractivity contribution is 0.0498. The highest BCUT2D eigenvalue weighted by atomic mass is 16.6. The zero-order chi connectivity index (χ0) is 16.3. The first-order chi connectivity index (χ1) is 10.3. The quantitative estimate of drug-likeness (QED) is 0.870. The van der Waals surface area contributed by atoms with Gasteiger partial charge in [-0.15, -0.1) is 0 Å². The number of amides is 1. The van der Waals surface area contributed by atoms with Gasteiger partial charge in [0, 0.05) is 0 Å². The molecule has 0 radical (unpaired) electrons. The fourth-order valence-electron chi connectivity index (χ4n) is 2.56. The predicted molar refractivity (Wildman–Crippen MR) is 82.8 cm³/mol. The van der Waals surface area contributed by atoms with Crippen molar-refractivity contribution in [2.24, 2.45) is 0 Å². The van der Waals surface area contributed by atoms with Crippen LogP contribution in [0.4, 0.5) is 4.79 Å². The van der Waals surface area contributed by atoms with Crippen LogP contribution in [0.25, 0.3) is 0 Å². The van der Waals surface area contributed by atoms with Gasteiger partial charge >= 0.3 is 12.1 Å². The molecule has 1 aromatic carbocycles. The van der Waals surface area contributed by atoms with Crippen LogP contribution in [0.1, 0.15) is 61.6 Å². The maximum atomic E-state index is 11.9. The first-order valence-corrected chi connectivity index (χ1v) is 7.59. The van der Waals surface area contributed by atoms with E-state index in [1.807, 2.05) is 32.9 Å². The second kappa shape index (κ2) is 6.38. The van der Waals surface area contributed by atoms with Gasteiger partial charge in [-0.25, -0.2) is 9.59 Å². The number of carbonyl (C=O) groups is 2. The molecule has 0 aliphatic heterocycles. The van der Waals surface area contributed by atoms with Crippen LogP contribution in [-0.2, 0) is 15.9 Å². The number of rotatable bonds is 3. The fourth-order valence-corrected chi connectivity index (χ4v) is 2.56. The van der Waals surface area contributed by atoms with Gasteiger partial charge in [0.2, 0.25) is 0 Å². The van der Waals surface area contributed by atoms with Crippen molar-refractivity contribution in [3.63, 3.8) is 0 Å². The van der Waals surface area contributed by atoms with E-state index in [9.17, 15) is 9.59 Å². The number of nitrogens with one attached hydrogen (secondary N) is 1. The van der Waals surface area contributed by atoms with Crippen molar-refractivity contribution in [1.82, 2.24) is 5.32 Å². The van der Waals surface area contributed by atoms with Crippen molar-refractivity contribution in [2.75, 3.05) is 6.61 Å². The summed E-state index contributed by atoms with van der Waals surface area (Å²) in [4.78, 5) is 23.6. The summed E-state index contributed by atoms with van der Waals surface area (Å²) < 4.78 is 10.3. The Kier molecular flexibility index (Phi) is 4.74. The number of alkyl carbamates (subject to hydrolysis) is 1. The predicted octanol–water partition coefficient (Wildman–Crippen LogP) is 3.38. The molecule has 1 N–H and O–H groups in total. The minimum atomic E-state index is -0.515. The zero-order valence-corrected chi connectivity index (χ0v) is 13.6. The highest BCUT2D eigenvalue weighted by Gasteiger charge is 2.27. The molecule has 1 aliphatic carbocycles. The highest BCUT2D eigenvalue weighted by molar-refractivity contribution is 5.89. The summed E-state index contributed by atoms with van der Waals surface area (Å²) in [6.45, 7) is 7.65. The van der Waals surface area contributed by atoms with Crippen LogP contribution >= 0.6 is 0 Å². The van der Waals surface area contributed by atoms with Gasteiger partial charge in [0.1, 0.15) is 5.60 Å². The Morgan fingerprint density at radius 1 is 1.32 bits per heavy atom. The molecule has 0 aromatic heterocycles. The maximum Gasteiger partial charge on any atom is 0.408 e. The molecule has 0 fully saturated rings. The maximum absolute atomic E-state index is 11.9. The third kappa shape index (κ3) is 4.00. The number of esters is 1. The molecule has 1 amide bonds. The zero-order valence-electron chi connectivity index (χ0n) is 13.6. The minimum Gasteiger partial charge on any atom is -0.462 e. The van der Waals surface area contributed by atoms with Gasteiger partial charge in [0.05, 0.1) is 18.2 Å². The monoisotopic (exact) mass is 305 g/mol. The molecule has 0 saturated carbocycles. The lowest BCUT2D eigenvalue weighted by Gasteiger charge is -2.22. The SMILES string of the molecule is CCOC(=O)c1ccc2c(c1)CCC2NC(=O)OC(C)(C)C. The first-order valence-electron chi connectivity index (χ1n) is 7.59. The summed E-state index contributed by atoms with van der Waals surface area (Å²) >= 11 is 0. The smallest absolute Gasteiger partial charge is 0.408 e. The summed E-state index contributed by atoms with van der Waals surface area (Å²) in [5, 5.41) is 2.89. The fraction of sp³-hybridized carbons (Fsp3) is 0.529. The van der Waals surface area contributed by atoms with Crippen LogP contribution in [0.15, 0.2) is 18.2 Å². The van der Waals surface area contributed by atoms with Crippen molar-refractivity contribution in [3.05, 3.63) is 34.9 Å². The first kappa shape index (κ1) is 16.3. The Labute approximate surface area is 131 Å². The summed E-state index contributed by atoms with van der Waals surface area (Å²) in [5.41, 5.74) is 2.16. The largest absolute Gasteiger partial charge is 0.462 e. The molecule has 2 rings (SSSR count). The molecule has 1 unspecified atom stereocenters. The van der Waals surface area contributed by atoms with Crippen molar-refractivity contribution in [3.8, 4) is 0 Å². The standard InChI is InChI=1S/C17H23NO4/c1-5-21-15(19)12-6-8-13-11(10-12)7-9-14(13)18-16(20)22-17(2,3)4/h6,8,10,14H,5,7,9H2,1-4H3,(H,18,20). The Balaban J connectivity index is 2.07. The molecule has 0 saturated heterocycles. The van der Waals surface area contributed by atoms with E-state index < -0.39 is 11.7 Å². The number of hydrogen-bond donors (Lipinski definition) is 1. The molecule has 0 bridgehead atoms. The average molecular weight is 305 g/mol. The summed E-state index contributed by atoms with van der Waals surface area (Å²) in [5.74, 6) is -0.311. The Bertz CT molecular complexity index is 575. The van der Waals surface area contributed by atoms with E-state index in [4.69, 9.17) is 9.47 Å². The molecule has 1 aliphatic rings. The second-order valence-corrected chi connectivity index (χ2v) is 6.37. The molecule has 22 heavy (non-hydrogen) atoms. The minimum absolute atomic E-state index is 0.0684. The van der Waals surface area contributed by atoms with E-state index in [2.05, 4.69) is 5.32 Å². The van der Waals surface area contributed by atoms with Crippen molar-refractivity contribution >= 4 is 12.1 Å². The topological polar surface area (TPSA) is 64.6 Å². The van der Waals surface area contributed by atoms with Gasteiger partial charge in [-0.05, 0) is 63.8 Å². The lowest BCUT2D eigenvalue weighted by Crippen LogP contribution is -2.34. The number of ether oxygens (including phenoxy) is 2. The van der Waals surface area contributed by atoms with Crippen LogP contribution in [0.2, 0.25) is 0 Å². The Hall–Kier alpha value is -2.04. The van der Waals surface area contributed by atoms with Crippen LogP contribution in [0, 0.1) is 0 Å². The van der Waals surface area contributed by atoms with Gasteiger partial charge < -0.3 is 14.8 Å². The molecule has 1 aromatic rings. The summed E-state index contributed by atoms with van der Waals surface area (Å²) in [6, 6.07) is 5.41. The molecule has 120 valence electrons. The van der Waals surface area contributed by atoms with Crippen LogP contribution < -0.4 is 5.32 Å². The lowest BCUT2D eigenvalue weighted by atomic mass is 10.0. The van der Waals surface area contributed by atoms with Gasteiger partial charge in [0.15, 0.2) is 0 Å². The van der Waals surface area contributed by atoms with Gasteiger partial charge in [0.25, 0.3) is 0 Å². The van der Waals surface area contributed by atoms with Gasteiger partial charge in [-0.1, -0.05) is 6.07 Å². The van der Waals surface area contributed by atoms with E-state index >= 15 is 0 Å². The van der Waals surface area contributed by atoms with Crippen molar-refractivity contribution in [2.45, 2.75) is 52.2 Å². The highest BCUT2D eigenvalue weighted by Crippen LogP contribution is 2.32. The van der Waals surface area contributed by atoms with E-state index in [1.165, 1.54) is 0 Å². The molecule has 5 nitrogen and oxygen atoms in total. The molecular formula is C17H23NO4. The number of aryl methyl sites for hydroxylation is 1. The van der Waals surface area contributed by atoms with Crippen LogP contribution in [0.5, 0.6) is 0 Å². The van der Waals surface area contributed by atoms with Crippen LogP contribution in [-0.4, -0.2) is 24.3 Å². The number of benzene rings is 1. The van der Waals surface area contributed by atoms with E-state index in [0.717, 1.165) is 24.0 Å². The second-order valence-electron chi connectivity index (χ2n) is 6.37. The number of hydrogen-bond acceptors (Lipinski definition) is 4. The van der Waals surface area contributed by atoms with E-state index in [1.54, 1.807) is 13.0 Å². The van der Waals surface area contributed by atoms with Gasteiger partial charge in [-0.2, -0.15) is 0 Å². The normalized spacial score (nSPS) is 16.8. The van der Waals surface area contributed by atoms with Crippen molar-refractivity contribution < 1.29 is 19.1 Å². The molecule has 1 atom stereocenters. The van der Waals surface area contributed by atoms with E-state index in [0.29, 0.717) is 12.2 Å². The molecule has 0 spiro atoms. The third-order valence-corrected chi connectivity index (χ3v) is 3.42. The molecular weight excluding hydrogens is 282 g/mol. The van der Waals surface area contributed by atoms with E-state index in [-0.39, 0.29) is 12.0 Å². The third-order valence-electron chi connectivity index (χ3n) is 3.42. The number of carbonyl (C=O) groups excluding carboxylic acids is 2. The molecule has 5 heteroatoms. The van der Waals surface area contributed by atoms with Crippen molar-refractivity contribution in [1.29, 1.82) is 0 Å². The Morgan fingerprint density at radius 3 is 2.68 bits per heavy atom. The van der Waals surface area contributed by atoms with Crippen LogP contribution in [0.3, 0.4) is 0 Å².